The summed E-state index contributed by atoms with van der Waals surface area (Å²) >= 11 is 0. The van der Waals surface area contributed by atoms with Gasteiger partial charge < -0.3 is 10.8 Å². The largest absolute Gasteiger partial charge is 0.399 e. The Morgan fingerprint density at radius 2 is 1.89 bits per heavy atom. The molecule has 19 heavy (non-hydrogen) atoms. The van der Waals surface area contributed by atoms with E-state index in [1.165, 1.54) is 6.07 Å². The number of aliphatic hydroxyl groups excluding tert-OH is 1. The van der Waals surface area contributed by atoms with Crippen LogP contribution in [0.1, 0.15) is 25.0 Å². The molecule has 0 fully saturated rings. The van der Waals surface area contributed by atoms with Crippen LogP contribution in [-0.4, -0.2) is 26.7 Å². The number of rotatable bonds is 5. The summed E-state index contributed by atoms with van der Waals surface area (Å²) < 4.78 is 27.1. The summed E-state index contributed by atoms with van der Waals surface area (Å²) in [5.41, 5.74) is 7.14. The molecular weight excluding hydrogens is 264 g/mol. The van der Waals surface area contributed by atoms with Crippen molar-refractivity contribution in [3.63, 3.8) is 0 Å². The second-order valence-corrected chi connectivity index (χ2v) is 7.34. The fraction of sp³-hybridized carbons (Fsp3) is 0.538. The molecule has 108 valence electrons. The Kier molecular flexibility index (Phi) is 4.60. The standard InChI is InChI=1S/C13H22N2O3S/c1-9-5-11(14)6-12(10(9)2)19(17,18)15-7-13(3,4)8-16/h5-6,15-16H,7-8,14H2,1-4H3. The van der Waals surface area contributed by atoms with Gasteiger partial charge >= 0.3 is 0 Å². The van der Waals surface area contributed by atoms with Crippen LogP contribution in [0.2, 0.25) is 0 Å². The van der Waals surface area contributed by atoms with Crippen LogP contribution in [0.3, 0.4) is 0 Å². The molecule has 5 nitrogen and oxygen atoms in total. The van der Waals surface area contributed by atoms with Crippen LogP contribution in [-0.2, 0) is 10.0 Å². The van der Waals surface area contributed by atoms with Crippen molar-refractivity contribution >= 4 is 15.7 Å². The molecule has 1 rings (SSSR count). The van der Waals surface area contributed by atoms with Crippen molar-refractivity contribution in [1.82, 2.24) is 4.72 Å². The van der Waals surface area contributed by atoms with E-state index in [0.717, 1.165) is 5.56 Å². The van der Waals surface area contributed by atoms with Crippen molar-refractivity contribution in [2.45, 2.75) is 32.6 Å². The van der Waals surface area contributed by atoms with Gasteiger partial charge in [0.2, 0.25) is 10.0 Å². The summed E-state index contributed by atoms with van der Waals surface area (Å²) in [4.78, 5) is 0.193. The van der Waals surface area contributed by atoms with E-state index in [2.05, 4.69) is 4.72 Å². The molecule has 0 saturated heterocycles. The molecule has 4 N–H and O–H groups in total. The molecule has 0 aliphatic heterocycles. The summed E-state index contributed by atoms with van der Waals surface area (Å²) in [6.07, 6.45) is 0. The quantitative estimate of drug-likeness (QED) is 0.709. The number of sulfonamides is 1. The smallest absolute Gasteiger partial charge is 0.240 e. The number of nitrogens with one attached hydrogen (secondary N) is 1. The SMILES string of the molecule is Cc1cc(N)cc(S(=O)(=O)NCC(C)(C)CO)c1C. The summed E-state index contributed by atoms with van der Waals surface area (Å²) in [7, 11) is -3.62. The zero-order chi connectivity index (χ0) is 14.8. The van der Waals surface area contributed by atoms with Gasteiger partial charge in [0.15, 0.2) is 0 Å². The van der Waals surface area contributed by atoms with Crippen LogP contribution in [0, 0.1) is 19.3 Å². The lowest BCUT2D eigenvalue weighted by molar-refractivity contribution is 0.163. The third-order valence-corrected chi connectivity index (χ3v) is 4.63. The zero-order valence-corrected chi connectivity index (χ0v) is 12.6. The average molecular weight is 286 g/mol. The topological polar surface area (TPSA) is 92.4 Å². The number of aryl methyl sites for hydroxylation is 1. The Morgan fingerprint density at radius 3 is 2.42 bits per heavy atom. The minimum Gasteiger partial charge on any atom is -0.399 e. The van der Waals surface area contributed by atoms with E-state index >= 15 is 0 Å². The molecule has 0 aliphatic carbocycles. The molecule has 0 heterocycles. The summed E-state index contributed by atoms with van der Waals surface area (Å²) in [6, 6.07) is 3.20. The third-order valence-electron chi connectivity index (χ3n) is 3.10. The highest BCUT2D eigenvalue weighted by Crippen LogP contribution is 2.23. The molecule has 0 atom stereocenters. The summed E-state index contributed by atoms with van der Waals surface area (Å²) in [6.45, 7) is 7.21. The molecule has 1 aromatic carbocycles. The van der Waals surface area contributed by atoms with Gasteiger partial charge in [-0.3, -0.25) is 0 Å². The number of aliphatic hydroxyl groups is 1. The van der Waals surface area contributed by atoms with Crippen LogP contribution in [0.5, 0.6) is 0 Å². The lowest BCUT2D eigenvalue weighted by atomic mass is 9.96. The molecule has 0 spiro atoms. The first-order valence-electron chi connectivity index (χ1n) is 6.06. The van der Waals surface area contributed by atoms with Crippen LogP contribution in [0.4, 0.5) is 5.69 Å². The molecule has 0 bridgehead atoms. The van der Waals surface area contributed by atoms with E-state index in [4.69, 9.17) is 10.8 Å². The van der Waals surface area contributed by atoms with E-state index in [9.17, 15) is 8.42 Å². The van der Waals surface area contributed by atoms with Crippen molar-refractivity contribution in [3.05, 3.63) is 23.3 Å². The summed E-state index contributed by atoms with van der Waals surface area (Å²) in [5.74, 6) is 0. The molecule has 0 amide bonds. The molecule has 0 radical (unpaired) electrons. The lowest BCUT2D eigenvalue weighted by Crippen LogP contribution is -2.36. The van der Waals surface area contributed by atoms with Crippen molar-refractivity contribution in [3.8, 4) is 0 Å². The van der Waals surface area contributed by atoms with Crippen molar-refractivity contribution in [2.24, 2.45) is 5.41 Å². The van der Waals surface area contributed by atoms with Gasteiger partial charge in [0.25, 0.3) is 0 Å². The molecule has 0 aliphatic rings. The van der Waals surface area contributed by atoms with Crippen molar-refractivity contribution in [1.29, 1.82) is 0 Å². The first kappa shape index (κ1) is 15.9. The Labute approximate surface area is 114 Å². The first-order chi connectivity index (χ1) is 8.59. The first-order valence-corrected chi connectivity index (χ1v) is 7.55. The van der Waals surface area contributed by atoms with Crippen molar-refractivity contribution in [2.75, 3.05) is 18.9 Å². The third kappa shape index (κ3) is 3.92. The monoisotopic (exact) mass is 286 g/mol. The second kappa shape index (κ2) is 5.48. The van der Waals surface area contributed by atoms with Gasteiger partial charge in [-0.2, -0.15) is 0 Å². The van der Waals surface area contributed by atoms with Gasteiger partial charge in [0, 0.05) is 24.3 Å². The van der Waals surface area contributed by atoms with Crippen LogP contribution in [0.25, 0.3) is 0 Å². The summed E-state index contributed by atoms with van der Waals surface area (Å²) in [5, 5.41) is 9.15. The van der Waals surface area contributed by atoms with E-state index in [0.29, 0.717) is 11.3 Å². The second-order valence-electron chi connectivity index (χ2n) is 5.61. The van der Waals surface area contributed by atoms with Crippen LogP contribution >= 0.6 is 0 Å². The fourth-order valence-electron chi connectivity index (χ4n) is 1.56. The van der Waals surface area contributed by atoms with E-state index in [1.54, 1.807) is 26.8 Å². The van der Waals surface area contributed by atoms with Crippen molar-refractivity contribution < 1.29 is 13.5 Å². The normalized spacial score (nSPS) is 12.7. The number of anilines is 1. The fourth-order valence-corrected chi connectivity index (χ4v) is 3.15. The minimum atomic E-state index is -3.62. The number of nitrogens with two attached hydrogens (primary N) is 1. The van der Waals surface area contributed by atoms with Gasteiger partial charge in [-0.05, 0) is 37.1 Å². The molecule has 0 unspecified atom stereocenters. The Bertz CT molecular complexity index is 565. The van der Waals surface area contributed by atoms with Crippen LogP contribution in [0.15, 0.2) is 17.0 Å². The average Bonchev–Trinajstić information content (AvgIpc) is 2.31. The molecule has 0 aromatic heterocycles. The van der Waals surface area contributed by atoms with E-state index in [-0.39, 0.29) is 18.0 Å². The van der Waals surface area contributed by atoms with E-state index in [1.807, 2.05) is 6.92 Å². The predicted molar refractivity (Wildman–Crippen MR) is 76.4 cm³/mol. The Morgan fingerprint density at radius 1 is 1.32 bits per heavy atom. The molecule has 6 heteroatoms. The van der Waals surface area contributed by atoms with Gasteiger partial charge in [0.1, 0.15) is 0 Å². The Balaban J connectivity index is 3.08. The number of hydrogen-bond acceptors (Lipinski definition) is 4. The van der Waals surface area contributed by atoms with Gasteiger partial charge in [0.05, 0.1) is 4.90 Å². The minimum absolute atomic E-state index is 0.0928. The highest BCUT2D eigenvalue weighted by molar-refractivity contribution is 7.89. The maximum absolute atomic E-state index is 12.3. The number of nitrogen functional groups attached to an aromatic ring is 1. The zero-order valence-electron chi connectivity index (χ0n) is 11.8. The van der Waals surface area contributed by atoms with Gasteiger partial charge in [-0.25, -0.2) is 13.1 Å². The lowest BCUT2D eigenvalue weighted by Gasteiger charge is -2.22. The van der Waals surface area contributed by atoms with Crippen LogP contribution < -0.4 is 10.5 Å². The maximum Gasteiger partial charge on any atom is 0.240 e. The van der Waals surface area contributed by atoms with Gasteiger partial charge in [-0.15, -0.1) is 0 Å². The van der Waals surface area contributed by atoms with Gasteiger partial charge in [-0.1, -0.05) is 13.8 Å². The molecule has 0 saturated carbocycles. The number of benzene rings is 1. The predicted octanol–water partition coefficient (Wildman–Crippen LogP) is 1.18. The van der Waals surface area contributed by atoms with E-state index < -0.39 is 15.4 Å². The molecular formula is C13H22N2O3S. The maximum atomic E-state index is 12.3. The highest BCUT2D eigenvalue weighted by Gasteiger charge is 2.23. The number of hydrogen-bond donors (Lipinski definition) is 3. The highest BCUT2D eigenvalue weighted by atomic mass is 32.2. The molecule has 1 aromatic rings. The Hall–Kier alpha value is -1.11.